The Kier molecular flexibility index (Phi) is 5.36. The molecule has 0 aromatic heterocycles. The van der Waals surface area contributed by atoms with Crippen molar-refractivity contribution in [2.75, 3.05) is 6.73 Å². The van der Waals surface area contributed by atoms with Gasteiger partial charge in [-0.15, -0.1) is 0 Å². The SMILES string of the molecule is Cc1ccc(OCNC(=O)NCc2ccc(F)cc2)c(C)c1. The van der Waals surface area contributed by atoms with Gasteiger partial charge in [0.1, 0.15) is 11.6 Å². The minimum absolute atomic E-state index is 0.0825. The summed E-state index contributed by atoms with van der Waals surface area (Å²) in [5.74, 6) is 0.444. The van der Waals surface area contributed by atoms with Crippen LogP contribution in [0.1, 0.15) is 16.7 Å². The first-order valence-electron chi connectivity index (χ1n) is 7.01. The number of ether oxygens (including phenoxy) is 1. The third-order valence-corrected chi connectivity index (χ3v) is 3.16. The number of hydrogen-bond donors (Lipinski definition) is 2. The number of urea groups is 1. The third-order valence-electron chi connectivity index (χ3n) is 3.16. The summed E-state index contributed by atoms with van der Waals surface area (Å²) in [6.07, 6.45) is 0. The van der Waals surface area contributed by atoms with Crippen LogP contribution in [0.5, 0.6) is 5.75 Å². The number of amides is 2. The van der Waals surface area contributed by atoms with Gasteiger partial charge >= 0.3 is 6.03 Å². The summed E-state index contributed by atoms with van der Waals surface area (Å²) in [4.78, 5) is 11.6. The first-order valence-corrected chi connectivity index (χ1v) is 7.01. The van der Waals surface area contributed by atoms with Gasteiger partial charge in [-0.2, -0.15) is 0 Å². The first-order chi connectivity index (χ1) is 10.5. The molecule has 0 bridgehead atoms. The molecule has 2 aromatic carbocycles. The van der Waals surface area contributed by atoms with E-state index in [1.807, 2.05) is 32.0 Å². The number of rotatable bonds is 5. The molecular weight excluding hydrogens is 283 g/mol. The monoisotopic (exact) mass is 302 g/mol. The average molecular weight is 302 g/mol. The van der Waals surface area contributed by atoms with Gasteiger partial charge in [-0.25, -0.2) is 9.18 Å². The summed E-state index contributed by atoms with van der Waals surface area (Å²) in [7, 11) is 0. The standard InChI is InChI=1S/C17H19FN2O2/c1-12-3-8-16(13(2)9-12)22-11-20-17(21)19-10-14-4-6-15(18)7-5-14/h3-9H,10-11H2,1-2H3,(H2,19,20,21). The maximum absolute atomic E-state index is 12.8. The van der Waals surface area contributed by atoms with Crippen LogP contribution in [0, 0.1) is 19.7 Å². The summed E-state index contributed by atoms with van der Waals surface area (Å²) in [5.41, 5.74) is 3.01. The van der Waals surface area contributed by atoms with E-state index in [-0.39, 0.29) is 18.6 Å². The molecule has 0 saturated carbocycles. The number of carbonyl (C=O) groups excluding carboxylic acids is 1. The fourth-order valence-electron chi connectivity index (χ4n) is 1.99. The molecule has 0 aliphatic heterocycles. The molecule has 0 atom stereocenters. The Morgan fingerprint density at radius 3 is 2.50 bits per heavy atom. The molecule has 0 unspecified atom stereocenters. The Hall–Kier alpha value is -2.56. The largest absolute Gasteiger partial charge is 0.473 e. The minimum Gasteiger partial charge on any atom is -0.473 e. The van der Waals surface area contributed by atoms with Crippen LogP contribution in [0.4, 0.5) is 9.18 Å². The maximum atomic E-state index is 12.8. The third kappa shape index (κ3) is 4.77. The lowest BCUT2D eigenvalue weighted by atomic mass is 10.1. The predicted molar refractivity (Wildman–Crippen MR) is 83.2 cm³/mol. The van der Waals surface area contributed by atoms with E-state index in [4.69, 9.17) is 4.74 Å². The lowest BCUT2D eigenvalue weighted by molar-refractivity contribution is 0.223. The van der Waals surface area contributed by atoms with Crippen LogP contribution in [0.2, 0.25) is 0 Å². The lowest BCUT2D eigenvalue weighted by Gasteiger charge is -2.11. The van der Waals surface area contributed by atoms with Crippen LogP contribution in [-0.2, 0) is 6.54 Å². The smallest absolute Gasteiger partial charge is 0.317 e. The Bertz CT molecular complexity index is 642. The molecule has 0 saturated heterocycles. The van der Waals surface area contributed by atoms with E-state index < -0.39 is 0 Å². The second-order valence-electron chi connectivity index (χ2n) is 5.04. The van der Waals surface area contributed by atoms with Crippen molar-refractivity contribution in [3.8, 4) is 5.75 Å². The van der Waals surface area contributed by atoms with Gasteiger partial charge in [0, 0.05) is 6.54 Å². The number of hydrogen-bond acceptors (Lipinski definition) is 2. The maximum Gasteiger partial charge on any atom is 0.317 e. The molecule has 5 heteroatoms. The topological polar surface area (TPSA) is 50.4 Å². The summed E-state index contributed by atoms with van der Waals surface area (Å²) in [6.45, 7) is 4.38. The minimum atomic E-state index is -0.339. The van der Waals surface area contributed by atoms with Gasteiger partial charge in [-0.1, -0.05) is 29.8 Å². The van der Waals surface area contributed by atoms with Crippen molar-refractivity contribution in [1.29, 1.82) is 0 Å². The van der Waals surface area contributed by atoms with Crippen LogP contribution in [0.15, 0.2) is 42.5 Å². The highest BCUT2D eigenvalue weighted by Gasteiger charge is 2.02. The number of nitrogens with one attached hydrogen (secondary N) is 2. The molecule has 4 nitrogen and oxygen atoms in total. The van der Waals surface area contributed by atoms with Crippen molar-refractivity contribution >= 4 is 6.03 Å². The van der Waals surface area contributed by atoms with Crippen molar-refractivity contribution < 1.29 is 13.9 Å². The van der Waals surface area contributed by atoms with Crippen molar-refractivity contribution in [3.63, 3.8) is 0 Å². The van der Waals surface area contributed by atoms with E-state index in [9.17, 15) is 9.18 Å². The Balaban J connectivity index is 1.72. The molecule has 0 spiro atoms. The van der Waals surface area contributed by atoms with Crippen LogP contribution >= 0.6 is 0 Å². The first kappa shape index (κ1) is 15.8. The van der Waals surface area contributed by atoms with Crippen molar-refractivity contribution in [1.82, 2.24) is 10.6 Å². The molecular formula is C17H19FN2O2. The molecule has 22 heavy (non-hydrogen) atoms. The molecule has 2 aromatic rings. The van der Waals surface area contributed by atoms with E-state index in [0.717, 1.165) is 22.4 Å². The highest BCUT2D eigenvalue weighted by Crippen LogP contribution is 2.18. The second-order valence-corrected chi connectivity index (χ2v) is 5.04. The molecule has 2 N–H and O–H groups in total. The molecule has 0 aliphatic carbocycles. The van der Waals surface area contributed by atoms with E-state index in [1.165, 1.54) is 12.1 Å². The van der Waals surface area contributed by atoms with Crippen LogP contribution < -0.4 is 15.4 Å². The molecule has 2 rings (SSSR count). The summed E-state index contributed by atoms with van der Waals surface area (Å²) >= 11 is 0. The molecule has 0 aliphatic rings. The summed E-state index contributed by atoms with van der Waals surface area (Å²) in [6, 6.07) is 11.5. The average Bonchev–Trinajstić information content (AvgIpc) is 2.49. The zero-order valence-electron chi connectivity index (χ0n) is 12.7. The van der Waals surface area contributed by atoms with E-state index in [0.29, 0.717) is 6.54 Å². The molecule has 2 amide bonds. The molecule has 0 heterocycles. The number of aryl methyl sites for hydroxylation is 2. The summed E-state index contributed by atoms with van der Waals surface area (Å²) in [5, 5.41) is 5.28. The van der Waals surface area contributed by atoms with E-state index in [2.05, 4.69) is 10.6 Å². The number of halogens is 1. The normalized spacial score (nSPS) is 10.1. The molecule has 116 valence electrons. The van der Waals surface area contributed by atoms with E-state index in [1.54, 1.807) is 12.1 Å². The van der Waals surface area contributed by atoms with Crippen molar-refractivity contribution in [2.24, 2.45) is 0 Å². The van der Waals surface area contributed by atoms with Gasteiger partial charge < -0.3 is 15.4 Å². The Labute approximate surface area is 129 Å². The van der Waals surface area contributed by atoms with Gasteiger partial charge in [0.15, 0.2) is 6.73 Å². The van der Waals surface area contributed by atoms with Crippen LogP contribution in [0.25, 0.3) is 0 Å². The fraction of sp³-hybridized carbons (Fsp3) is 0.235. The quantitative estimate of drug-likeness (QED) is 0.833. The van der Waals surface area contributed by atoms with Crippen LogP contribution in [-0.4, -0.2) is 12.8 Å². The Morgan fingerprint density at radius 2 is 1.82 bits per heavy atom. The van der Waals surface area contributed by atoms with Gasteiger partial charge in [-0.05, 0) is 43.2 Å². The number of carbonyl (C=O) groups is 1. The highest BCUT2D eigenvalue weighted by molar-refractivity contribution is 5.73. The lowest BCUT2D eigenvalue weighted by Crippen LogP contribution is -2.37. The molecule has 0 radical (unpaired) electrons. The second kappa shape index (κ2) is 7.45. The number of benzene rings is 2. The molecule has 0 fully saturated rings. The van der Waals surface area contributed by atoms with Gasteiger partial charge in [-0.3, -0.25) is 0 Å². The van der Waals surface area contributed by atoms with Gasteiger partial charge in [0.05, 0.1) is 0 Å². The van der Waals surface area contributed by atoms with Crippen molar-refractivity contribution in [3.05, 3.63) is 65.0 Å². The van der Waals surface area contributed by atoms with E-state index >= 15 is 0 Å². The zero-order valence-corrected chi connectivity index (χ0v) is 12.7. The zero-order chi connectivity index (χ0) is 15.9. The fourth-order valence-corrected chi connectivity index (χ4v) is 1.99. The summed E-state index contributed by atoms with van der Waals surface area (Å²) < 4.78 is 18.3. The van der Waals surface area contributed by atoms with Gasteiger partial charge in [0.2, 0.25) is 0 Å². The Morgan fingerprint density at radius 1 is 1.09 bits per heavy atom. The predicted octanol–water partition coefficient (Wildman–Crippen LogP) is 3.28. The van der Waals surface area contributed by atoms with Gasteiger partial charge in [0.25, 0.3) is 0 Å². The van der Waals surface area contributed by atoms with Crippen molar-refractivity contribution in [2.45, 2.75) is 20.4 Å². The van der Waals surface area contributed by atoms with Crippen LogP contribution in [0.3, 0.4) is 0 Å². The highest BCUT2D eigenvalue weighted by atomic mass is 19.1.